The fraction of sp³-hybridized carbons (Fsp3) is 0.467. The van der Waals surface area contributed by atoms with Crippen molar-refractivity contribution in [3.8, 4) is 0 Å². The van der Waals surface area contributed by atoms with Crippen LogP contribution in [0.25, 0.3) is 0 Å². The van der Waals surface area contributed by atoms with Crippen LogP contribution in [0.2, 0.25) is 10.0 Å². The number of amides is 2. The van der Waals surface area contributed by atoms with E-state index < -0.39 is 0 Å². The van der Waals surface area contributed by atoms with Crippen LogP contribution in [0.3, 0.4) is 0 Å². The number of carbonyl (C=O) groups is 2. The predicted octanol–water partition coefficient (Wildman–Crippen LogP) is 1.84. The van der Waals surface area contributed by atoms with Crippen LogP contribution in [-0.2, 0) is 4.79 Å². The zero-order valence-corrected chi connectivity index (χ0v) is 13.8. The van der Waals surface area contributed by atoms with Crippen LogP contribution in [0, 0.1) is 5.92 Å². The van der Waals surface area contributed by atoms with E-state index in [0.717, 1.165) is 19.5 Å². The van der Waals surface area contributed by atoms with Crippen LogP contribution in [0.5, 0.6) is 0 Å². The number of hydrogen-bond donors (Lipinski definition) is 3. The summed E-state index contributed by atoms with van der Waals surface area (Å²) in [5.74, 6) is -0.131. The molecule has 7 heteroatoms. The summed E-state index contributed by atoms with van der Waals surface area (Å²) < 4.78 is 0. The first-order valence-corrected chi connectivity index (χ1v) is 7.96. The summed E-state index contributed by atoms with van der Waals surface area (Å²) in [5.41, 5.74) is 0.370. The lowest BCUT2D eigenvalue weighted by Crippen LogP contribution is -2.52. The van der Waals surface area contributed by atoms with Gasteiger partial charge in [-0.25, -0.2) is 0 Å². The lowest BCUT2D eigenvalue weighted by atomic mass is 9.95. The van der Waals surface area contributed by atoms with Crippen molar-refractivity contribution >= 4 is 35.0 Å². The molecule has 1 aliphatic heterocycles. The molecular weight excluding hydrogens is 325 g/mol. The van der Waals surface area contributed by atoms with Crippen molar-refractivity contribution in [2.24, 2.45) is 5.92 Å². The van der Waals surface area contributed by atoms with Gasteiger partial charge in [0.15, 0.2) is 0 Å². The number of halogens is 2. The number of benzene rings is 1. The molecule has 0 aliphatic carbocycles. The molecule has 1 heterocycles. The average molecular weight is 344 g/mol. The number of piperidine rings is 1. The highest BCUT2D eigenvalue weighted by Gasteiger charge is 2.22. The molecule has 1 aliphatic rings. The molecule has 2 amide bonds. The van der Waals surface area contributed by atoms with Crippen LogP contribution in [-0.4, -0.2) is 37.5 Å². The minimum absolute atomic E-state index is 0.0672. The largest absolute Gasteiger partial charge is 0.350 e. The minimum atomic E-state index is -0.358. The molecule has 1 aromatic rings. The van der Waals surface area contributed by atoms with Crippen LogP contribution < -0.4 is 16.0 Å². The van der Waals surface area contributed by atoms with Crippen molar-refractivity contribution in [1.82, 2.24) is 16.0 Å². The van der Waals surface area contributed by atoms with E-state index in [-0.39, 0.29) is 24.4 Å². The second-order valence-corrected chi connectivity index (χ2v) is 6.27. The zero-order chi connectivity index (χ0) is 16.1. The van der Waals surface area contributed by atoms with Crippen LogP contribution in [0.15, 0.2) is 18.2 Å². The van der Waals surface area contributed by atoms with E-state index in [2.05, 4.69) is 22.9 Å². The van der Waals surface area contributed by atoms with Gasteiger partial charge in [0.1, 0.15) is 0 Å². The molecule has 2 rings (SSSR count). The van der Waals surface area contributed by atoms with Gasteiger partial charge in [-0.3, -0.25) is 9.59 Å². The molecule has 1 fully saturated rings. The SMILES string of the molecule is CC1CCNCC1NC(=O)CNC(=O)c1ccc(Cl)c(Cl)c1. The molecule has 1 saturated heterocycles. The molecular formula is C15H19Cl2N3O2. The van der Waals surface area contributed by atoms with Crippen molar-refractivity contribution in [1.29, 1.82) is 0 Å². The number of hydrogen-bond acceptors (Lipinski definition) is 3. The maximum Gasteiger partial charge on any atom is 0.251 e. The number of carbonyl (C=O) groups excluding carboxylic acids is 2. The van der Waals surface area contributed by atoms with Gasteiger partial charge in [-0.2, -0.15) is 0 Å². The van der Waals surface area contributed by atoms with Gasteiger partial charge < -0.3 is 16.0 Å². The molecule has 5 nitrogen and oxygen atoms in total. The van der Waals surface area contributed by atoms with E-state index in [0.29, 0.717) is 21.5 Å². The zero-order valence-electron chi connectivity index (χ0n) is 12.3. The van der Waals surface area contributed by atoms with Gasteiger partial charge in [0, 0.05) is 18.2 Å². The molecule has 0 bridgehead atoms. The van der Waals surface area contributed by atoms with Crippen molar-refractivity contribution in [2.45, 2.75) is 19.4 Å². The van der Waals surface area contributed by atoms with Crippen molar-refractivity contribution in [3.05, 3.63) is 33.8 Å². The van der Waals surface area contributed by atoms with Gasteiger partial charge >= 0.3 is 0 Å². The van der Waals surface area contributed by atoms with E-state index >= 15 is 0 Å². The Bertz CT molecular complexity index is 566. The molecule has 2 unspecified atom stereocenters. The summed E-state index contributed by atoms with van der Waals surface area (Å²) in [7, 11) is 0. The molecule has 3 N–H and O–H groups in total. The summed E-state index contributed by atoms with van der Waals surface area (Å²) in [6.45, 7) is 3.78. The molecule has 0 spiro atoms. The molecule has 2 atom stereocenters. The molecule has 0 saturated carbocycles. The average Bonchev–Trinajstić information content (AvgIpc) is 2.50. The second kappa shape index (κ2) is 7.81. The summed E-state index contributed by atoms with van der Waals surface area (Å²) in [4.78, 5) is 23.9. The fourth-order valence-electron chi connectivity index (χ4n) is 2.34. The van der Waals surface area contributed by atoms with Crippen molar-refractivity contribution in [2.75, 3.05) is 19.6 Å². The normalized spacial score (nSPS) is 21.2. The lowest BCUT2D eigenvalue weighted by Gasteiger charge is -2.30. The topological polar surface area (TPSA) is 70.2 Å². The first kappa shape index (κ1) is 17.1. The summed E-state index contributed by atoms with van der Waals surface area (Å²) >= 11 is 11.7. The summed E-state index contributed by atoms with van der Waals surface area (Å²) in [6, 6.07) is 4.69. The Balaban J connectivity index is 1.82. The van der Waals surface area contributed by atoms with Crippen molar-refractivity contribution in [3.63, 3.8) is 0 Å². The Morgan fingerprint density at radius 1 is 1.32 bits per heavy atom. The van der Waals surface area contributed by atoms with E-state index in [4.69, 9.17) is 23.2 Å². The second-order valence-electron chi connectivity index (χ2n) is 5.46. The van der Waals surface area contributed by atoms with Gasteiger partial charge in [-0.15, -0.1) is 0 Å². The molecule has 0 aromatic heterocycles. The van der Waals surface area contributed by atoms with Crippen LogP contribution >= 0.6 is 23.2 Å². The van der Waals surface area contributed by atoms with E-state index in [9.17, 15) is 9.59 Å². The van der Waals surface area contributed by atoms with Crippen molar-refractivity contribution < 1.29 is 9.59 Å². The van der Waals surface area contributed by atoms with Gasteiger partial charge in [-0.05, 0) is 37.1 Å². The van der Waals surface area contributed by atoms with Gasteiger partial charge in [-0.1, -0.05) is 30.1 Å². The highest BCUT2D eigenvalue weighted by atomic mass is 35.5. The Morgan fingerprint density at radius 2 is 2.09 bits per heavy atom. The summed E-state index contributed by atoms with van der Waals surface area (Å²) in [6.07, 6.45) is 1.03. The molecule has 0 radical (unpaired) electrons. The standard InChI is InChI=1S/C15H19Cl2N3O2/c1-9-4-5-18-7-13(9)20-14(21)8-19-15(22)10-2-3-11(16)12(17)6-10/h2-3,6,9,13,18H,4-5,7-8H2,1H3,(H,19,22)(H,20,21). The maximum atomic E-state index is 12.0. The van der Waals surface area contributed by atoms with Gasteiger partial charge in [0.2, 0.25) is 5.91 Å². The predicted molar refractivity (Wildman–Crippen MR) is 87.4 cm³/mol. The molecule has 1 aromatic carbocycles. The Hall–Kier alpha value is -1.30. The molecule has 22 heavy (non-hydrogen) atoms. The first-order chi connectivity index (χ1) is 10.5. The Labute approximate surface area is 139 Å². The highest BCUT2D eigenvalue weighted by molar-refractivity contribution is 6.42. The summed E-state index contributed by atoms with van der Waals surface area (Å²) in [5, 5.41) is 9.44. The monoisotopic (exact) mass is 343 g/mol. The van der Waals surface area contributed by atoms with E-state index in [1.807, 2.05) is 0 Å². The first-order valence-electron chi connectivity index (χ1n) is 7.20. The number of nitrogens with one attached hydrogen (secondary N) is 3. The Kier molecular flexibility index (Phi) is 6.06. The van der Waals surface area contributed by atoms with E-state index in [1.54, 1.807) is 12.1 Å². The smallest absolute Gasteiger partial charge is 0.251 e. The highest BCUT2D eigenvalue weighted by Crippen LogP contribution is 2.22. The van der Waals surface area contributed by atoms with E-state index in [1.165, 1.54) is 6.07 Å². The van der Waals surface area contributed by atoms with Crippen LogP contribution in [0.4, 0.5) is 0 Å². The third-order valence-electron chi connectivity index (χ3n) is 3.77. The minimum Gasteiger partial charge on any atom is -0.350 e. The fourth-order valence-corrected chi connectivity index (χ4v) is 2.64. The van der Waals surface area contributed by atoms with Gasteiger partial charge in [0.25, 0.3) is 5.91 Å². The third-order valence-corrected chi connectivity index (χ3v) is 4.50. The lowest BCUT2D eigenvalue weighted by molar-refractivity contribution is -0.121. The quantitative estimate of drug-likeness (QED) is 0.781. The Morgan fingerprint density at radius 3 is 2.77 bits per heavy atom. The van der Waals surface area contributed by atoms with Gasteiger partial charge in [0.05, 0.1) is 16.6 Å². The third kappa shape index (κ3) is 4.60. The maximum absolute atomic E-state index is 12.0. The molecule has 120 valence electrons. The number of rotatable bonds is 4. The van der Waals surface area contributed by atoms with Crippen LogP contribution in [0.1, 0.15) is 23.7 Å².